The number of pyridine rings is 1. The van der Waals surface area contributed by atoms with Gasteiger partial charge in [0, 0.05) is 49.4 Å². The van der Waals surface area contributed by atoms with Crippen LogP contribution in [0.4, 0.5) is 5.82 Å². The second-order valence-electron chi connectivity index (χ2n) is 8.81. The van der Waals surface area contributed by atoms with Crippen LogP contribution in [0.2, 0.25) is 0 Å². The molecular formula is C25H28N6O3S2. The molecule has 1 saturated heterocycles. The molecule has 0 amide bonds. The lowest BCUT2D eigenvalue weighted by molar-refractivity contribution is 0.180. The molecule has 4 aromatic rings. The Labute approximate surface area is 214 Å². The van der Waals surface area contributed by atoms with Crippen LogP contribution < -0.4 is 5.32 Å². The molecule has 0 unspecified atom stereocenters. The lowest BCUT2D eigenvalue weighted by Crippen LogP contribution is -2.47. The fourth-order valence-electron chi connectivity index (χ4n) is 4.30. The highest BCUT2D eigenvalue weighted by atomic mass is 32.2. The fourth-order valence-corrected chi connectivity index (χ4v) is 6.18. The van der Waals surface area contributed by atoms with Crippen LogP contribution in [0.15, 0.2) is 61.1 Å². The van der Waals surface area contributed by atoms with E-state index in [9.17, 15) is 13.5 Å². The van der Waals surface area contributed by atoms with E-state index >= 15 is 0 Å². The molecule has 11 heteroatoms. The Bertz CT molecular complexity index is 1420. The summed E-state index contributed by atoms with van der Waals surface area (Å²) in [5.74, 6) is 0.692. The van der Waals surface area contributed by atoms with Gasteiger partial charge in [-0.3, -0.25) is 9.88 Å². The molecule has 1 fully saturated rings. The minimum absolute atomic E-state index is 0.0531. The number of benzene rings is 1. The van der Waals surface area contributed by atoms with Gasteiger partial charge < -0.3 is 10.4 Å². The van der Waals surface area contributed by atoms with Crippen molar-refractivity contribution >= 4 is 37.4 Å². The normalized spacial score (nSPS) is 16.3. The second-order valence-corrected chi connectivity index (χ2v) is 11.8. The van der Waals surface area contributed by atoms with Gasteiger partial charge in [-0.05, 0) is 17.7 Å². The number of nitrogens with zero attached hydrogens (tertiary/aromatic N) is 5. The van der Waals surface area contributed by atoms with Crippen LogP contribution in [-0.4, -0.2) is 76.7 Å². The highest BCUT2D eigenvalue weighted by molar-refractivity contribution is 7.88. The molecule has 1 aliphatic heterocycles. The van der Waals surface area contributed by atoms with Gasteiger partial charge in [-0.2, -0.15) is 4.31 Å². The minimum Gasteiger partial charge on any atom is -0.394 e. The van der Waals surface area contributed by atoms with Crippen molar-refractivity contribution < 1.29 is 13.5 Å². The SMILES string of the molecule is CS(=O)(=O)N1CCN(Cc2ccc(-c3cc4ncnc(N[C@H](CO)c5ccccc5)c4s3)cn2)CC1. The van der Waals surface area contributed by atoms with Crippen LogP contribution in [-0.2, 0) is 16.6 Å². The average Bonchev–Trinajstić information content (AvgIpc) is 3.33. The molecule has 0 bridgehead atoms. The first kappa shape index (κ1) is 24.7. The van der Waals surface area contributed by atoms with Crippen molar-refractivity contribution in [3.05, 3.63) is 72.3 Å². The van der Waals surface area contributed by atoms with Crippen LogP contribution in [0.25, 0.3) is 20.7 Å². The van der Waals surface area contributed by atoms with E-state index in [0.717, 1.165) is 31.9 Å². The molecule has 36 heavy (non-hydrogen) atoms. The molecule has 0 aliphatic carbocycles. The minimum atomic E-state index is -3.13. The van der Waals surface area contributed by atoms with E-state index in [1.165, 1.54) is 16.9 Å². The van der Waals surface area contributed by atoms with Crippen molar-refractivity contribution in [2.24, 2.45) is 0 Å². The number of piperazine rings is 1. The van der Waals surface area contributed by atoms with Crippen molar-refractivity contribution in [2.45, 2.75) is 12.6 Å². The third-order valence-corrected chi connectivity index (χ3v) is 8.79. The first-order valence-electron chi connectivity index (χ1n) is 11.7. The molecular weight excluding hydrogens is 496 g/mol. The maximum Gasteiger partial charge on any atom is 0.211 e. The van der Waals surface area contributed by atoms with Crippen molar-refractivity contribution in [1.82, 2.24) is 24.2 Å². The highest BCUT2D eigenvalue weighted by Crippen LogP contribution is 2.36. The van der Waals surface area contributed by atoms with Crippen LogP contribution in [0, 0.1) is 0 Å². The van der Waals surface area contributed by atoms with Gasteiger partial charge in [0.05, 0.1) is 34.8 Å². The predicted octanol–water partition coefficient (Wildman–Crippen LogP) is 2.98. The van der Waals surface area contributed by atoms with Gasteiger partial charge in [0.2, 0.25) is 10.0 Å². The summed E-state index contributed by atoms with van der Waals surface area (Å²) in [7, 11) is -3.13. The van der Waals surface area contributed by atoms with Crippen LogP contribution in [0.3, 0.4) is 0 Å². The van der Waals surface area contributed by atoms with Gasteiger partial charge in [-0.1, -0.05) is 36.4 Å². The topological polar surface area (TPSA) is 112 Å². The Balaban J connectivity index is 1.29. The average molecular weight is 525 g/mol. The number of aliphatic hydroxyl groups excluding tert-OH is 1. The maximum atomic E-state index is 11.7. The summed E-state index contributed by atoms with van der Waals surface area (Å²) in [5.41, 5.74) is 3.77. The predicted molar refractivity (Wildman–Crippen MR) is 142 cm³/mol. The molecule has 2 N–H and O–H groups in total. The lowest BCUT2D eigenvalue weighted by atomic mass is 10.1. The molecule has 0 saturated carbocycles. The molecule has 3 aromatic heterocycles. The summed E-state index contributed by atoms with van der Waals surface area (Å²) in [6, 6.07) is 15.6. The largest absolute Gasteiger partial charge is 0.394 e. The smallest absolute Gasteiger partial charge is 0.211 e. The second kappa shape index (κ2) is 10.6. The quantitative estimate of drug-likeness (QED) is 0.362. The third-order valence-electron chi connectivity index (χ3n) is 6.30. The van der Waals surface area contributed by atoms with Crippen molar-refractivity contribution in [2.75, 3.05) is 44.4 Å². The Morgan fingerprint density at radius 1 is 1.06 bits per heavy atom. The van der Waals surface area contributed by atoms with Gasteiger partial charge in [-0.25, -0.2) is 18.4 Å². The maximum absolute atomic E-state index is 11.7. The molecule has 9 nitrogen and oxygen atoms in total. The first-order valence-corrected chi connectivity index (χ1v) is 14.4. The fraction of sp³-hybridized carbons (Fsp3) is 0.320. The van der Waals surface area contributed by atoms with E-state index in [-0.39, 0.29) is 12.6 Å². The Morgan fingerprint density at radius 2 is 1.83 bits per heavy atom. The Hall–Kier alpha value is -2.96. The van der Waals surface area contributed by atoms with Gasteiger partial charge in [0.1, 0.15) is 12.1 Å². The van der Waals surface area contributed by atoms with Gasteiger partial charge in [0.15, 0.2) is 0 Å². The monoisotopic (exact) mass is 524 g/mol. The van der Waals surface area contributed by atoms with E-state index < -0.39 is 10.0 Å². The van der Waals surface area contributed by atoms with E-state index in [1.54, 1.807) is 11.3 Å². The zero-order valence-electron chi connectivity index (χ0n) is 19.9. The first-order chi connectivity index (χ1) is 17.4. The number of hydrogen-bond donors (Lipinski definition) is 2. The summed E-state index contributed by atoms with van der Waals surface area (Å²) in [4.78, 5) is 16.8. The van der Waals surface area contributed by atoms with Gasteiger partial charge in [0.25, 0.3) is 0 Å². The highest BCUT2D eigenvalue weighted by Gasteiger charge is 2.23. The van der Waals surface area contributed by atoms with Crippen LogP contribution >= 0.6 is 11.3 Å². The molecule has 1 atom stereocenters. The summed E-state index contributed by atoms with van der Waals surface area (Å²) < 4.78 is 25.9. The Kier molecular flexibility index (Phi) is 7.26. The molecule has 1 aromatic carbocycles. The molecule has 0 spiro atoms. The third kappa shape index (κ3) is 5.55. The van der Waals surface area contributed by atoms with E-state index in [0.29, 0.717) is 38.5 Å². The number of nitrogens with one attached hydrogen (secondary N) is 1. The Morgan fingerprint density at radius 3 is 2.50 bits per heavy atom. The van der Waals surface area contributed by atoms with E-state index in [4.69, 9.17) is 0 Å². The van der Waals surface area contributed by atoms with Gasteiger partial charge in [-0.15, -0.1) is 11.3 Å². The summed E-state index contributed by atoms with van der Waals surface area (Å²) in [6.45, 7) is 3.04. The molecule has 4 heterocycles. The number of thiophene rings is 1. The van der Waals surface area contributed by atoms with Crippen molar-refractivity contribution in [3.63, 3.8) is 0 Å². The van der Waals surface area contributed by atoms with Crippen molar-refractivity contribution in [1.29, 1.82) is 0 Å². The number of fused-ring (bicyclic) bond motifs is 1. The lowest BCUT2D eigenvalue weighted by Gasteiger charge is -2.32. The summed E-state index contributed by atoms with van der Waals surface area (Å²) >= 11 is 1.59. The molecule has 0 radical (unpaired) electrons. The molecule has 5 rings (SSSR count). The van der Waals surface area contributed by atoms with Crippen LogP contribution in [0.5, 0.6) is 0 Å². The zero-order chi connectivity index (χ0) is 25.1. The van der Waals surface area contributed by atoms with Gasteiger partial charge >= 0.3 is 0 Å². The molecule has 1 aliphatic rings. The number of anilines is 1. The summed E-state index contributed by atoms with van der Waals surface area (Å²) in [6.07, 6.45) is 4.66. The number of aliphatic hydroxyl groups is 1. The van der Waals surface area contributed by atoms with E-state index in [2.05, 4.69) is 31.2 Å². The van der Waals surface area contributed by atoms with Crippen LogP contribution in [0.1, 0.15) is 17.3 Å². The number of aromatic nitrogens is 3. The standard InChI is InChI=1S/C25H28N6O3S2/c1-36(33,34)31-11-9-30(10-12-31)15-20-8-7-19(14-26-20)23-13-21-24(35-23)25(28-17-27-21)29-22(16-32)18-5-3-2-4-6-18/h2-8,13-14,17,22,32H,9-12,15-16H2,1H3,(H,27,28,29)/t22-/m1/s1. The summed E-state index contributed by atoms with van der Waals surface area (Å²) in [5, 5.41) is 13.3. The number of rotatable bonds is 8. The molecule has 188 valence electrons. The number of sulfonamides is 1. The van der Waals surface area contributed by atoms with E-state index in [1.807, 2.05) is 48.7 Å². The number of hydrogen-bond acceptors (Lipinski definition) is 9. The zero-order valence-corrected chi connectivity index (χ0v) is 21.5. The van der Waals surface area contributed by atoms with Crippen molar-refractivity contribution in [3.8, 4) is 10.4 Å².